The Bertz CT molecular complexity index is 365. The van der Waals surface area contributed by atoms with E-state index >= 15 is 0 Å². The Balaban J connectivity index is 2.98. The number of hydrogen-bond acceptors (Lipinski definition) is 1. The molecule has 14 heavy (non-hydrogen) atoms. The van der Waals surface area contributed by atoms with E-state index in [-0.39, 0.29) is 11.8 Å². The van der Waals surface area contributed by atoms with Crippen molar-refractivity contribution in [1.82, 2.24) is 0 Å². The van der Waals surface area contributed by atoms with Gasteiger partial charge in [-0.3, -0.25) is 4.79 Å². The summed E-state index contributed by atoms with van der Waals surface area (Å²) in [6.45, 7) is 3.98. The molecular weight excluding hydrogens is 312 g/mol. The highest BCUT2D eigenvalue weighted by molar-refractivity contribution is 14.1. The molecule has 1 amide bonds. The quantitative estimate of drug-likeness (QED) is 0.658. The van der Waals surface area contributed by atoms with Crippen molar-refractivity contribution in [3.63, 3.8) is 0 Å². The molecule has 0 aromatic heterocycles. The number of aryl methyl sites for hydroxylation is 2. The normalized spacial score (nSPS) is 10.0. The van der Waals surface area contributed by atoms with Crippen molar-refractivity contribution >= 4 is 45.8 Å². The van der Waals surface area contributed by atoms with Gasteiger partial charge in [-0.25, -0.2) is 0 Å². The molecule has 1 aromatic rings. The van der Waals surface area contributed by atoms with Crippen molar-refractivity contribution in [3.8, 4) is 0 Å². The first kappa shape index (κ1) is 11.8. The summed E-state index contributed by atoms with van der Waals surface area (Å²) in [5.74, 6) is -0.180. The number of anilines is 1. The van der Waals surface area contributed by atoms with E-state index < -0.39 is 0 Å². The minimum absolute atomic E-state index is 0.00945. The summed E-state index contributed by atoms with van der Waals surface area (Å²) in [6, 6.07) is 4.00. The van der Waals surface area contributed by atoms with Crippen LogP contribution in [0.1, 0.15) is 11.1 Å². The summed E-state index contributed by atoms with van der Waals surface area (Å²) < 4.78 is 1.20. The molecule has 1 N–H and O–H groups in total. The monoisotopic (exact) mass is 323 g/mol. The summed E-state index contributed by atoms with van der Waals surface area (Å²) in [7, 11) is 0. The Kier molecular flexibility index (Phi) is 4.19. The van der Waals surface area contributed by atoms with Crippen LogP contribution in [0.2, 0.25) is 0 Å². The van der Waals surface area contributed by atoms with Crippen LogP contribution in [0, 0.1) is 17.4 Å². The van der Waals surface area contributed by atoms with Gasteiger partial charge in [0, 0.05) is 9.26 Å². The second-order valence-corrected chi connectivity index (χ2v) is 4.53. The van der Waals surface area contributed by atoms with Crippen molar-refractivity contribution in [2.45, 2.75) is 13.8 Å². The van der Waals surface area contributed by atoms with E-state index in [0.717, 1.165) is 16.8 Å². The smallest absolute Gasteiger partial charge is 0.239 e. The van der Waals surface area contributed by atoms with Gasteiger partial charge in [-0.15, -0.1) is 11.6 Å². The first-order valence-electron chi connectivity index (χ1n) is 4.17. The fourth-order valence-corrected chi connectivity index (χ4v) is 1.79. The topological polar surface area (TPSA) is 29.1 Å². The number of nitrogens with one attached hydrogen (secondary N) is 1. The van der Waals surface area contributed by atoms with Crippen molar-refractivity contribution in [3.05, 3.63) is 26.8 Å². The second kappa shape index (κ2) is 4.98. The zero-order chi connectivity index (χ0) is 10.7. The van der Waals surface area contributed by atoms with Gasteiger partial charge in [0.05, 0.1) is 0 Å². The van der Waals surface area contributed by atoms with Crippen molar-refractivity contribution in [1.29, 1.82) is 0 Å². The molecule has 0 aliphatic rings. The highest BCUT2D eigenvalue weighted by Crippen LogP contribution is 2.21. The molecule has 1 rings (SSSR count). The number of halogens is 2. The van der Waals surface area contributed by atoms with Crippen molar-refractivity contribution in [2.24, 2.45) is 0 Å². The lowest BCUT2D eigenvalue weighted by atomic mass is 10.1. The highest BCUT2D eigenvalue weighted by atomic mass is 127. The number of benzene rings is 1. The van der Waals surface area contributed by atoms with E-state index in [1.165, 1.54) is 3.57 Å². The molecule has 0 aliphatic heterocycles. The highest BCUT2D eigenvalue weighted by Gasteiger charge is 2.05. The van der Waals surface area contributed by atoms with E-state index in [4.69, 9.17) is 11.6 Å². The minimum atomic E-state index is -0.171. The maximum absolute atomic E-state index is 11.1. The molecule has 0 saturated carbocycles. The van der Waals surface area contributed by atoms with Crippen LogP contribution in [0.15, 0.2) is 12.1 Å². The van der Waals surface area contributed by atoms with Crippen LogP contribution in [0.4, 0.5) is 5.69 Å². The van der Waals surface area contributed by atoms with Crippen LogP contribution in [0.25, 0.3) is 0 Å². The Morgan fingerprint density at radius 1 is 1.43 bits per heavy atom. The van der Waals surface area contributed by atoms with Gasteiger partial charge in [0.1, 0.15) is 5.88 Å². The van der Waals surface area contributed by atoms with Gasteiger partial charge in [0.2, 0.25) is 5.91 Å². The summed E-state index contributed by atoms with van der Waals surface area (Å²) in [4.78, 5) is 11.1. The second-order valence-electron chi connectivity index (χ2n) is 3.10. The van der Waals surface area contributed by atoms with E-state index in [1.807, 2.05) is 26.0 Å². The molecule has 0 heterocycles. The molecule has 4 heteroatoms. The average Bonchev–Trinajstić information content (AvgIpc) is 2.14. The first-order valence-corrected chi connectivity index (χ1v) is 5.78. The van der Waals surface area contributed by atoms with Gasteiger partial charge in [0.25, 0.3) is 0 Å². The molecule has 76 valence electrons. The molecule has 1 aromatic carbocycles. The molecule has 0 aliphatic carbocycles. The summed E-state index contributed by atoms with van der Waals surface area (Å²) >= 11 is 7.68. The van der Waals surface area contributed by atoms with E-state index in [9.17, 15) is 4.79 Å². The van der Waals surface area contributed by atoms with Gasteiger partial charge in [0.15, 0.2) is 0 Å². The largest absolute Gasteiger partial charge is 0.325 e. The van der Waals surface area contributed by atoms with Gasteiger partial charge in [-0.2, -0.15) is 0 Å². The average molecular weight is 324 g/mol. The van der Waals surface area contributed by atoms with Gasteiger partial charge in [-0.1, -0.05) is 0 Å². The van der Waals surface area contributed by atoms with Crippen LogP contribution in [0.3, 0.4) is 0 Å². The molecule has 0 bridgehead atoms. The van der Waals surface area contributed by atoms with Gasteiger partial charge < -0.3 is 5.32 Å². The third kappa shape index (κ3) is 2.85. The van der Waals surface area contributed by atoms with E-state index in [2.05, 4.69) is 27.9 Å². The standard InChI is InChI=1S/C10H11ClINO/c1-6-4-9(13-10(14)5-11)7(2)3-8(6)12/h3-4H,5H2,1-2H3,(H,13,14). The molecule has 0 unspecified atom stereocenters. The Labute approximate surface area is 102 Å². The fourth-order valence-electron chi connectivity index (χ4n) is 1.10. The number of hydrogen-bond donors (Lipinski definition) is 1. The predicted molar refractivity (Wildman–Crippen MR) is 68.0 cm³/mol. The fraction of sp³-hybridized carbons (Fsp3) is 0.300. The lowest BCUT2D eigenvalue weighted by Crippen LogP contribution is -2.13. The van der Waals surface area contributed by atoms with Crippen LogP contribution in [0.5, 0.6) is 0 Å². The Morgan fingerprint density at radius 2 is 2.07 bits per heavy atom. The molecule has 0 atom stereocenters. The third-order valence-corrected chi connectivity index (χ3v) is 3.31. The zero-order valence-corrected chi connectivity index (χ0v) is 10.9. The van der Waals surface area contributed by atoms with Crippen molar-refractivity contribution < 1.29 is 4.79 Å². The van der Waals surface area contributed by atoms with E-state index in [0.29, 0.717) is 0 Å². The minimum Gasteiger partial charge on any atom is -0.325 e. The molecule has 0 saturated heterocycles. The number of alkyl halides is 1. The number of carbonyl (C=O) groups excluding carboxylic acids is 1. The lowest BCUT2D eigenvalue weighted by Gasteiger charge is -2.09. The summed E-state index contributed by atoms with van der Waals surface area (Å²) in [5, 5.41) is 2.75. The Hall–Kier alpha value is -0.290. The molecule has 0 fully saturated rings. The molecular formula is C10H11ClINO. The maximum atomic E-state index is 11.1. The maximum Gasteiger partial charge on any atom is 0.239 e. The SMILES string of the molecule is Cc1cc(NC(=O)CCl)c(C)cc1I. The zero-order valence-electron chi connectivity index (χ0n) is 8.03. The van der Waals surface area contributed by atoms with Crippen LogP contribution in [-0.4, -0.2) is 11.8 Å². The summed E-state index contributed by atoms with van der Waals surface area (Å²) in [6.07, 6.45) is 0. The number of rotatable bonds is 2. The summed E-state index contributed by atoms with van der Waals surface area (Å²) in [5.41, 5.74) is 3.05. The predicted octanol–water partition coefficient (Wildman–Crippen LogP) is 3.09. The molecule has 0 spiro atoms. The van der Waals surface area contributed by atoms with Gasteiger partial charge >= 0.3 is 0 Å². The Morgan fingerprint density at radius 3 is 2.64 bits per heavy atom. The van der Waals surface area contributed by atoms with Crippen LogP contribution >= 0.6 is 34.2 Å². The van der Waals surface area contributed by atoms with Crippen LogP contribution < -0.4 is 5.32 Å². The first-order chi connectivity index (χ1) is 6.54. The lowest BCUT2D eigenvalue weighted by molar-refractivity contribution is -0.113. The van der Waals surface area contributed by atoms with Crippen molar-refractivity contribution in [2.75, 3.05) is 11.2 Å². The molecule has 0 radical (unpaired) electrons. The van der Waals surface area contributed by atoms with Crippen LogP contribution in [-0.2, 0) is 4.79 Å². The number of carbonyl (C=O) groups is 1. The van der Waals surface area contributed by atoms with E-state index in [1.54, 1.807) is 0 Å². The van der Waals surface area contributed by atoms with Gasteiger partial charge in [-0.05, 0) is 59.7 Å². The third-order valence-electron chi connectivity index (χ3n) is 1.90. The number of amides is 1. The molecule has 2 nitrogen and oxygen atoms in total.